The molecule has 26 heavy (non-hydrogen) atoms. The maximum Gasteiger partial charge on any atom is 0.335 e. The van der Waals surface area contributed by atoms with E-state index in [0.717, 1.165) is 23.9 Å². The van der Waals surface area contributed by atoms with Crippen molar-refractivity contribution in [2.45, 2.75) is 16.6 Å². The van der Waals surface area contributed by atoms with Gasteiger partial charge in [-0.15, -0.1) is 11.8 Å². The number of halogens is 2. The molecule has 1 aliphatic rings. The van der Waals surface area contributed by atoms with Crippen LogP contribution >= 0.6 is 11.8 Å². The van der Waals surface area contributed by atoms with Gasteiger partial charge in [-0.05, 0) is 30.3 Å². The third-order valence-corrected chi connectivity index (χ3v) is 4.88. The first kappa shape index (κ1) is 17.9. The van der Waals surface area contributed by atoms with Crippen molar-refractivity contribution in [3.05, 3.63) is 53.6 Å². The molecule has 9 heteroatoms. The van der Waals surface area contributed by atoms with E-state index in [-0.39, 0.29) is 17.7 Å². The molecule has 3 rings (SSSR count). The van der Waals surface area contributed by atoms with E-state index in [2.05, 4.69) is 10.6 Å². The van der Waals surface area contributed by atoms with Crippen LogP contribution in [-0.2, 0) is 9.59 Å². The van der Waals surface area contributed by atoms with Crippen LogP contribution in [0.2, 0.25) is 0 Å². The summed E-state index contributed by atoms with van der Waals surface area (Å²) in [4.78, 5) is 35.8. The molecule has 2 amide bonds. The fourth-order valence-corrected chi connectivity index (χ4v) is 3.52. The summed E-state index contributed by atoms with van der Waals surface area (Å²) in [7, 11) is 0. The lowest BCUT2D eigenvalue weighted by Gasteiger charge is -2.24. The Balaban J connectivity index is 1.71. The minimum atomic E-state index is -1.11. The van der Waals surface area contributed by atoms with Crippen molar-refractivity contribution in [1.29, 1.82) is 0 Å². The molecule has 0 spiro atoms. The molecule has 134 valence electrons. The molecule has 0 aliphatic carbocycles. The van der Waals surface area contributed by atoms with Crippen LogP contribution in [0.15, 0.2) is 41.3 Å². The van der Waals surface area contributed by atoms with E-state index in [1.165, 1.54) is 18.2 Å². The molecule has 6 nitrogen and oxygen atoms in total. The van der Waals surface area contributed by atoms with Gasteiger partial charge in [0.25, 0.3) is 0 Å². The number of aromatic carboxylic acids is 1. The predicted molar refractivity (Wildman–Crippen MR) is 91.3 cm³/mol. The minimum Gasteiger partial charge on any atom is -0.478 e. The molecule has 0 unspecified atom stereocenters. The van der Waals surface area contributed by atoms with Gasteiger partial charge in [-0.3, -0.25) is 9.59 Å². The number of carboxylic acids is 1. The second-order valence-electron chi connectivity index (χ2n) is 5.49. The fourth-order valence-electron chi connectivity index (χ4n) is 2.37. The average molecular weight is 378 g/mol. The molecule has 1 aliphatic heterocycles. The molecular formula is C17H12F2N2O4S. The normalized spacial score (nSPS) is 15.8. The van der Waals surface area contributed by atoms with Gasteiger partial charge in [0.05, 0.1) is 22.2 Å². The lowest BCUT2D eigenvalue weighted by molar-refractivity contribution is -0.120. The maximum atomic E-state index is 13.6. The minimum absolute atomic E-state index is 0.0592. The number of thioether (sulfide) groups is 1. The quantitative estimate of drug-likeness (QED) is 0.760. The highest BCUT2D eigenvalue weighted by Crippen LogP contribution is 2.37. The third kappa shape index (κ3) is 3.83. The van der Waals surface area contributed by atoms with Gasteiger partial charge >= 0.3 is 5.97 Å². The summed E-state index contributed by atoms with van der Waals surface area (Å²) in [6, 6.07) is 6.99. The zero-order valence-electron chi connectivity index (χ0n) is 13.1. The number of fused-ring (bicyclic) bond motifs is 1. The van der Waals surface area contributed by atoms with Gasteiger partial charge in [0.15, 0.2) is 0 Å². The Kier molecular flexibility index (Phi) is 4.90. The van der Waals surface area contributed by atoms with Crippen LogP contribution in [0, 0.1) is 11.6 Å². The largest absolute Gasteiger partial charge is 0.478 e. The summed E-state index contributed by atoms with van der Waals surface area (Å²) in [5, 5.41) is 13.1. The van der Waals surface area contributed by atoms with Crippen molar-refractivity contribution in [2.75, 3.05) is 10.6 Å². The van der Waals surface area contributed by atoms with Crippen LogP contribution in [-0.4, -0.2) is 28.1 Å². The summed E-state index contributed by atoms with van der Waals surface area (Å²) < 4.78 is 26.5. The Bertz CT molecular complexity index is 920. The van der Waals surface area contributed by atoms with E-state index >= 15 is 0 Å². The standard InChI is InChI=1S/C17H12F2N2O4S/c18-9-2-4-11(10(19)6-9)20-15(22)7-14-16(23)21-12-3-1-8(17(24)25)5-13(12)26-14/h1-6,14H,7H2,(H,20,22)(H,21,23)(H,24,25)/t14-/m0/s1. The zero-order valence-corrected chi connectivity index (χ0v) is 13.9. The monoisotopic (exact) mass is 378 g/mol. The summed E-state index contributed by atoms with van der Waals surface area (Å²) in [6.45, 7) is 0. The van der Waals surface area contributed by atoms with Crippen molar-refractivity contribution >= 4 is 40.9 Å². The highest BCUT2D eigenvalue weighted by molar-refractivity contribution is 8.01. The van der Waals surface area contributed by atoms with Crippen LogP contribution in [0.5, 0.6) is 0 Å². The average Bonchev–Trinajstić information content (AvgIpc) is 2.57. The molecule has 0 saturated heterocycles. The van der Waals surface area contributed by atoms with Crippen LogP contribution < -0.4 is 10.6 Å². The van der Waals surface area contributed by atoms with Crippen molar-refractivity contribution in [3.8, 4) is 0 Å². The number of carbonyl (C=O) groups is 3. The lowest BCUT2D eigenvalue weighted by Crippen LogP contribution is -2.32. The fraction of sp³-hybridized carbons (Fsp3) is 0.118. The summed E-state index contributed by atoms with van der Waals surface area (Å²) >= 11 is 1.05. The molecule has 0 fully saturated rings. The number of anilines is 2. The summed E-state index contributed by atoms with van der Waals surface area (Å²) in [5.74, 6) is -3.84. The number of carboxylic acid groups (broad SMARTS) is 1. The van der Waals surface area contributed by atoms with Crippen molar-refractivity contribution in [2.24, 2.45) is 0 Å². The Labute approximate surface area is 150 Å². The van der Waals surface area contributed by atoms with E-state index in [9.17, 15) is 23.2 Å². The molecule has 1 atom stereocenters. The second kappa shape index (κ2) is 7.12. The van der Waals surface area contributed by atoms with Gasteiger partial charge in [-0.2, -0.15) is 0 Å². The number of nitrogens with one attached hydrogen (secondary N) is 2. The Morgan fingerprint density at radius 2 is 1.96 bits per heavy atom. The van der Waals surface area contributed by atoms with Gasteiger partial charge < -0.3 is 15.7 Å². The molecule has 3 N–H and O–H groups in total. The van der Waals surface area contributed by atoms with Crippen LogP contribution in [0.25, 0.3) is 0 Å². The van der Waals surface area contributed by atoms with E-state index in [0.29, 0.717) is 16.6 Å². The highest BCUT2D eigenvalue weighted by Gasteiger charge is 2.29. The Hall–Kier alpha value is -2.94. The molecule has 2 aromatic rings. The summed E-state index contributed by atoms with van der Waals surface area (Å²) in [5.41, 5.74) is 0.335. The predicted octanol–water partition coefficient (Wildman–Crippen LogP) is 3.10. The maximum absolute atomic E-state index is 13.6. The smallest absolute Gasteiger partial charge is 0.335 e. The zero-order chi connectivity index (χ0) is 18.8. The van der Waals surface area contributed by atoms with Crippen molar-refractivity contribution < 1.29 is 28.3 Å². The Morgan fingerprint density at radius 3 is 2.65 bits per heavy atom. The first-order valence-corrected chi connectivity index (χ1v) is 8.31. The van der Waals surface area contributed by atoms with Gasteiger partial charge in [0.1, 0.15) is 11.6 Å². The summed E-state index contributed by atoms with van der Waals surface area (Å²) in [6.07, 6.45) is -0.260. The molecule has 0 bridgehead atoms. The van der Waals surface area contributed by atoms with E-state index in [1.54, 1.807) is 0 Å². The number of rotatable bonds is 4. The van der Waals surface area contributed by atoms with E-state index in [1.807, 2.05) is 0 Å². The van der Waals surface area contributed by atoms with Gasteiger partial charge in [0, 0.05) is 17.4 Å². The second-order valence-corrected chi connectivity index (χ2v) is 6.73. The molecule has 0 saturated carbocycles. The SMILES string of the molecule is O=C(C[C@@H]1Sc2cc(C(=O)O)ccc2NC1=O)Nc1ccc(F)cc1F. The number of amides is 2. The van der Waals surface area contributed by atoms with Crippen molar-refractivity contribution in [3.63, 3.8) is 0 Å². The molecule has 2 aromatic carbocycles. The first-order valence-electron chi connectivity index (χ1n) is 7.43. The van der Waals surface area contributed by atoms with Crippen molar-refractivity contribution in [1.82, 2.24) is 0 Å². The van der Waals surface area contributed by atoms with E-state index in [4.69, 9.17) is 5.11 Å². The number of hydrogen-bond donors (Lipinski definition) is 3. The lowest BCUT2D eigenvalue weighted by atomic mass is 10.2. The molecule has 1 heterocycles. The molecule has 0 aromatic heterocycles. The Morgan fingerprint density at radius 1 is 1.19 bits per heavy atom. The number of benzene rings is 2. The third-order valence-electron chi connectivity index (χ3n) is 3.62. The first-order chi connectivity index (χ1) is 12.3. The van der Waals surface area contributed by atoms with Crippen LogP contribution in [0.1, 0.15) is 16.8 Å². The number of hydrogen-bond acceptors (Lipinski definition) is 4. The topological polar surface area (TPSA) is 95.5 Å². The highest BCUT2D eigenvalue weighted by atomic mass is 32.2. The van der Waals surface area contributed by atoms with Gasteiger partial charge in [-0.25, -0.2) is 13.6 Å². The van der Waals surface area contributed by atoms with Crippen LogP contribution in [0.3, 0.4) is 0 Å². The molecular weight excluding hydrogens is 366 g/mol. The van der Waals surface area contributed by atoms with Crippen LogP contribution in [0.4, 0.5) is 20.2 Å². The van der Waals surface area contributed by atoms with Gasteiger partial charge in [0.2, 0.25) is 11.8 Å². The van der Waals surface area contributed by atoms with E-state index < -0.39 is 34.7 Å². The molecule has 0 radical (unpaired) electrons. The number of carbonyl (C=O) groups excluding carboxylic acids is 2. The van der Waals surface area contributed by atoms with Gasteiger partial charge in [-0.1, -0.05) is 0 Å².